The Hall–Kier alpha value is -2.50. The summed E-state index contributed by atoms with van der Waals surface area (Å²) in [4.78, 5) is 8.53. The fourth-order valence-electron chi connectivity index (χ4n) is 2.00. The van der Waals surface area contributed by atoms with Crippen LogP contribution in [0.1, 0.15) is 26.3 Å². The van der Waals surface area contributed by atoms with Crippen molar-refractivity contribution in [1.82, 2.24) is 19.6 Å². The molecule has 108 valence electrons. The van der Waals surface area contributed by atoms with Gasteiger partial charge in [-0.3, -0.25) is 0 Å². The van der Waals surface area contributed by atoms with Crippen molar-refractivity contribution in [1.29, 1.82) is 0 Å². The van der Waals surface area contributed by atoms with Crippen molar-refractivity contribution >= 4 is 11.5 Å². The van der Waals surface area contributed by atoms with Gasteiger partial charge in [0.1, 0.15) is 5.82 Å². The van der Waals surface area contributed by atoms with Gasteiger partial charge in [0.05, 0.1) is 5.56 Å². The molecule has 3 rings (SSSR count). The highest BCUT2D eigenvalue weighted by atomic mass is 19.1. The number of nitrogens with zero attached hydrogens (tertiary/aromatic N) is 4. The minimum Gasteiger partial charge on any atom is -0.399 e. The predicted molar refractivity (Wildman–Crippen MR) is 79.3 cm³/mol. The largest absolute Gasteiger partial charge is 0.399 e. The second kappa shape index (κ2) is 4.51. The molecule has 3 aromatic rings. The van der Waals surface area contributed by atoms with E-state index in [1.165, 1.54) is 18.2 Å². The Balaban J connectivity index is 2.15. The molecule has 5 nitrogen and oxygen atoms in total. The van der Waals surface area contributed by atoms with Crippen LogP contribution in [0.25, 0.3) is 17.2 Å². The van der Waals surface area contributed by atoms with Gasteiger partial charge in [-0.15, -0.1) is 5.10 Å². The zero-order chi connectivity index (χ0) is 15.2. The van der Waals surface area contributed by atoms with Crippen LogP contribution in [0.15, 0.2) is 30.6 Å². The number of nitrogens with two attached hydrogens (primary N) is 1. The number of hydrogen-bond acceptors (Lipinski definition) is 4. The minimum atomic E-state index is -0.406. The van der Waals surface area contributed by atoms with Gasteiger partial charge in [-0.05, 0) is 29.2 Å². The SMILES string of the molecule is CC(C)(C)c1cnc2nc(-c3cc(N)ccc3F)nn2c1. The maximum Gasteiger partial charge on any atom is 0.252 e. The molecule has 0 aliphatic heterocycles. The molecule has 0 saturated heterocycles. The van der Waals surface area contributed by atoms with Crippen molar-refractivity contribution in [2.24, 2.45) is 0 Å². The van der Waals surface area contributed by atoms with Crippen LogP contribution in [0.2, 0.25) is 0 Å². The third-order valence-corrected chi connectivity index (χ3v) is 3.29. The Morgan fingerprint density at radius 3 is 2.71 bits per heavy atom. The molecule has 0 amide bonds. The first kappa shape index (κ1) is 13.5. The van der Waals surface area contributed by atoms with Gasteiger partial charge in [-0.2, -0.15) is 4.98 Å². The number of hydrogen-bond donors (Lipinski definition) is 1. The maximum atomic E-state index is 13.9. The van der Waals surface area contributed by atoms with E-state index in [4.69, 9.17) is 5.73 Å². The topological polar surface area (TPSA) is 69.1 Å². The van der Waals surface area contributed by atoms with Crippen LogP contribution in [-0.4, -0.2) is 19.6 Å². The van der Waals surface area contributed by atoms with Crippen LogP contribution in [0.3, 0.4) is 0 Å². The summed E-state index contributed by atoms with van der Waals surface area (Å²) in [6.45, 7) is 6.27. The molecule has 2 N–H and O–H groups in total. The molecule has 0 aliphatic carbocycles. The number of aromatic nitrogens is 4. The Labute approximate surface area is 121 Å². The minimum absolute atomic E-state index is 0.0459. The molecule has 0 saturated carbocycles. The average molecular weight is 285 g/mol. The van der Waals surface area contributed by atoms with Crippen molar-refractivity contribution < 1.29 is 4.39 Å². The Morgan fingerprint density at radius 1 is 1.24 bits per heavy atom. The molecule has 21 heavy (non-hydrogen) atoms. The summed E-state index contributed by atoms with van der Waals surface area (Å²) in [7, 11) is 0. The van der Waals surface area contributed by atoms with Crippen LogP contribution >= 0.6 is 0 Å². The third-order valence-electron chi connectivity index (χ3n) is 3.29. The lowest BCUT2D eigenvalue weighted by Crippen LogP contribution is -2.12. The summed E-state index contributed by atoms with van der Waals surface area (Å²) in [5.41, 5.74) is 7.42. The van der Waals surface area contributed by atoms with Crippen LogP contribution < -0.4 is 5.73 Å². The van der Waals surface area contributed by atoms with E-state index in [2.05, 4.69) is 35.8 Å². The number of nitrogen functional groups attached to an aromatic ring is 1. The Kier molecular flexibility index (Phi) is 2.90. The van der Waals surface area contributed by atoms with Gasteiger partial charge < -0.3 is 5.73 Å². The zero-order valence-electron chi connectivity index (χ0n) is 12.1. The van der Waals surface area contributed by atoms with Gasteiger partial charge in [-0.25, -0.2) is 13.9 Å². The van der Waals surface area contributed by atoms with Crippen molar-refractivity contribution in [2.75, 3.05) is 5.73 Å². The van der Waals surface area contributed by atoms with Crippen LogP contribution in [0, 0.1) is 5.82 Å². The molecular weight excluding hydrogens is 269 g/mol. The monoisotopic (exact) mass is 285 g/mol. The van der Waals surface area contributed by atoms with Crippen molar-refractivity contribution in [3.63, 3.8) is 0 Å². The molecule has 0 radical (unpaired) electrons. The summed E-state index contributed by atoms with van der Waals surface area (Å²) < 4.78 is 15.5. The Bertz CT molecular complexity index is 817. The second-order valence-corrected chi connectivity index (χ2v) is 6.01. The lowest BCUT2D eigenvalue weighted by molar-refractivity contribution is 0.581. The number of anilines is 1. The van der Waals surface area contributed by atoms with Crippen LogP contribution in [0.4, 0.5) is 10.1 Å². The molecule has 2 heterocycles. The quantitative estimate of drug-likeness (QED) is 0.698. The molecule has 0 unspecified atom stereocenters. The fraction of sp³-hybridized carbons (Fsp3) is 0.267. The van der Waals surface area contributed by atoms with E-state index in [0.717, 1.165) is 5.56 Å². The van der Waals surface area contributed by atoms with Crippen molar-refractivity contribution in [3.8, 4) is 11.4 Å². The number of benzene rings is 1. The molecule has 0 fully saturated rings. The summed E-state index contributed by atoms with van der Waals surface area (Å²) in [5.74, 6) is 0.300. The molecule has 0 spiro atoms. The summed E-state index contributed by atoms with van der Waals surface area (Å²) in [5, 5.41) is 4.31. The molecular formula is C15H16FN5. The van der Waals surface area contributed by atoms with E-state index in [1.807, 2.05) is 6.20 Å². The molecule has 0 bridgehead atoms. The molecule has 1 aromatic carbocycles. The first-order valence-electron chi connectivity index (χ1n) is 6.63. The predicted octanol–water partition coefficient (Wildman–Crippen LogP) is 2.81. The standard InChI is InChI=1S/C15H16FN5/c1-15(2,3)9-7-18-14-19-13(20-21(14)8-9)11-6-10(17)4-5-12(11)16/h4-8H,17H2,1-3H3. The van der Waals surface area contributed by atoms with E-state index < -0.39 is 5.82 Å². The van der Waals surface area contributed by atoms with E-state index in [9.17, 15) is 4.39 Å². The van der Waals surface area contributed by atoms with Crippen LogP contribution in [0.5, 0.6) is 0 Å². The summed E-state index contributed by atoms with van der Waals surface area (Å²) in [6.07, 6.45) is 3.63. The van der Waals surface area contributed by atoms with E-state index in [0.29, 0.717) is 11.5 Å². The maximum absolute atomic E-state index is 13.9. The van der Waals surface area contributed by atoms with E-state index in [1.54, 1.807) is 10.7 Å². The third kappa shape index (κ3) is 2.44. The molecule has 0 atom stereocenters. The second-order valence-electron chi connectivity index (χ2n) is 6.01. The highest BCUT2D eigenvalue weighted by Gasteiger charge is 2.17. The van der Waals surface area contributed by atoms with Gasteiger partial charge >= 0.3 is 0 Å². The van der Waals surface area contributed by atoms with Crippen molar-refractivity contribution in [2.45, 2.75) is 26.2 Å². The molecule has 6 heteroatoms. The fourth-order valence-corrected chi connectivity index (χ4v) is 2.00. The lowest BCUT2D eigenvalue weighted by atomic mass is 9.89. The van der Waals surface area contributed by atoms with Crippen molar-refractivity contribution in [3.05, 3.63) is 42.0 Å². The average Bonchev–Trinajstić information content (AvgIpc) is 2.83. The van der Waals surface area contributed by atoms with E-state index in [-0.39, 0.29) is 16.8 Å². The lowest BCUT2D eigenvalue weighted by Gasteiger charge is -2.17. The van der Waals surface area contributed by atoms with Crippen LogP contribution in [-0.2, 0) is 5.41 Å². The number of fused-ring (bicyclic) bond motifs is 1. The molecule has 0 aliphatic rings. The number of rotatable bonds is 1. The molecule has 2 aromatic heterocycles. The Morgan fingerprint density at radius 2 is 2.00 bits per heavy atom. The smallest absolute Gasteiger partial charge is 0.252 e. The highest BCUT2D eigenvalue weighted by molar-refractivity contribution is 5.63. The van der Waals surface area contributed by atoms with E-state index >= 15 is 0 Å². The zero-order valence-corrected chi connectivity index (χ0v) is 12.1. The first-order valence-corrected chi connectivity index (χ1v) is 6.63. The first-order chi connectivity index (χ1) is 9.84. The normalized spacial score (nSPS) is 12.0. The van der Waals surface area contributed by atoms with Gasteiger partial charge in [0.25, 0.3) is 5.78 Å². The summed E-state index contributed by atoms with van der Waals surface area (Å²) in [6, 6.07) is 4.34. The van der Waals surface area contributed by atoms with Gasteiger partial charge in [-0.1, -0.05) is 20.8 Å². The van der Waals surface area contributed by atoms with Gasteiger partial charge in [0.15, 0.2) is 5.82 Å². The number of halogens is 1. The van der Waals surface area contributed by atoms with Gasteiger partial charge in [0.2, 0.25) is 0 Å². The summed E-state index contributed by atoms with van der Waals surface area (Å²) >= 11 is 0. The van der Waals surface area contributed by atoms with Gasteiger partial charge in [0, 0.05) is 18.1 Å². The highest BCUT2D eigenvalue weighted by Crippen LogP contribution is 2.24.